The highest BCUT2D eigenvalue weighted by Gasteiger charge is 2.18. The second kappa shape index (κ2) is 9.55. The minimum Gasteiger partial charge on any atom is -0.506 e. The predicted molar refractivity (Wildman–Crippen MR) is 128 cm³/mol. The van der Waals surface area contributed by atoms with Gasteiger partial charge < -0.3 is 20.3 Å². The first kappa shape index (κ1) is 22.7. The van der Waals surface area contributed by atoms with Gasteiger partial charge in [0.2, 0.25) is 0 Å². The number of carbonyl (C=O) groups is 2. The van der Waals surface area contributed by atoms with E-state index < -0.39 is 11.8 Å². The summed E-state index contributed by atoms with van der Waals surface area (Å²) in [4.78, 5) is 45.9. The maximum absolute atomic E-state index is 12.8. The molecule has 34 heavy (non-hydrogen) atoms. The van der Waals surface area contributed by atoms with Crippen LogP contribution in [0.2, 0.25) is 5.02 Å². The van der Waals surface area contributed by atoms with Crippen LogP contribution in [0.25, 0.3) is 11.1 Å². The molecule has 170 valence electrons. The fourth-order valence-corrected chi connectivity index (χ4v) is 3.30. The molecule has 0 aliphatic rings. The number of phenolic OH excluding ortho intramolecular Hbond substituents is 1. The number of hydrogen-bond donors (Lipinski definition) is 3. The van der Waals surface area contributed by atoms with Gasteiger partial charge in [-0.15, -0.1) is 0 Å². The highest BCUT2D eigenvalue weighted by atomic mass is 35.5. The van der Waals surface area contributed by atoms with E-state index in [-0.39, 0.29) is 33.9 Å². The van der Waals surface area contributed by atoms with Crippen molar-refractivity contribution in [3.8, 4) is 16.9 Å². The summed E-state index contributed by atoms with van der Waals surface area (Å²) < 4.78 is 1.36. The number of nitrogens with zero attached hydrogens (tertiary/aromatic N) is 3. The molecule has 4 aromatic rings. The molecule has 2 amide bonds. The lowest BCUT2D eigenvalue weighted by Gasteiger charge is -2.13. The maximum atomic E-state index is 12.8. The highest BCUT2D eigenvalue weighted by molar-refractivity contribution is 6.30. The van der Waals surface area contributed by atoms with Gasteiger partial charge in [-0.1, -0.05) is 29.8 Å². The summed E-state index contributed by atoms with van der Waals surface area (Å²) in [5, 5.41) is 15.9. The van der Waals surface area contributed by atoms with Crippen LogP contribution in [0, 0.1) is 0 Å². The lowest BCUT2D eigenvalue weighted by atomic mass is 10.1. The largest absolute Gasteiger partial charge is 0.506 e. The summed E-state index contributed by atoms with van der Waals surface area (Å²) in [5.74, 6) is -1.15. The zero-order chi connectivity index (χ0) is 24.2. The van der Waals surface area contributed by atoms with E-state index in [0.29, 0.717) is 16.1 Å². The van der Waals surface area contributed by atoms with Gasteiger partial charge in [0, 0.05) is 25.0 Å². The van der Waals surface area contributed by atoms with E-state index in [1.165, 1.54) is 59.7 Å². The van der Waals surface area contributed by atoms with Crippen LogP contribution in [0.15, 0.2) is 78.1 Å². The Kier molecular flexibility index (Phi) is 6.37. The van der Waals surface area contributed by atoms with Crippen molar-refractivity contribution in [2.24, 2.45) is 7.05 Å². The number of rotatable bonds is 5. The molecule has 0 atom stereocenters. The van der Waals surface area contributed by atoms with Gasteiger partial charge in [-0.3, -0.25) is 14.4 Å². The van der Waals surface area contributed by atoms with Gasteiger partial charge in [0.1, 0.15) is 11.6 Å². The van der Waals surface area contributed by atoms with Gasteiger partial charge in [0.15, 0.2) is 0 Å². The smallest absolute Gasteiger partial charge is 0.260 e. The molecule has 0 saturated carbocycles. The number of carbonyl (C=O) groups excluding carboxylic acids is 2. The van der Waals surface area contributed by atoms with Gasteiger partial charge in [-0.25, -0.2) is 9.97 Å². The number of benzene rings is 2. The zero-order valence-electron chi connectivity index (χ0n) is 17.8. The number of aromatic hydroxyl groups is 1. The van der Waals surface area contributed by atoms with Crippen molar-refractivity contribution in [3.05, 3.63) is 99.8 Å². The van der Waals surface area contributed by atoms with Crippen molar-refractivity contribution in [1.82, 2.24) is 14.5 Å². The SMILES string of the molecule is Cn1cncc(-c2ccc(C(=O)Nc3c(O)cccc3C(=O)Nc3ccc(Cl)cn3)cc2)c1=O. The van der Waals surface area contributed by atoms with Crippen molar-refractivity contribution >= 4 is 34.9 Å². The summed E-state index contributed by atoms with van der Waals surface area (Å²) in [5.41, 5.74) is 1.03. The minimum atomic E-state index is -0.580. The molecule has 0 aliphatic heterocycles. The quantitative estimate of drug-likeness (QED) is 0.378. The maximum Gasteiger partial charge on any atom is 0.260 e. The first-order valence-electron chi connectivity index (χ1n) is 10.0. The summed E-state index contributed by atoms with van der Waals surface area (Å²) in [7, 11) is 1.60. The number of para-hydroxylation sites is 1. The summed E-state index contributed by atoms with van der Waals surface area (Å²) in [6, 6.07) is 13.7. The summed E-state index contributed by atoms with van der Waals surface area (Å²) >= 11 is 5.81. The van der Waals surface area contributed by atoms with Gasteiger partial charge in [-0.2, -0.15) is 0 Å². The topological polar surface area (TPSA) is 126 Å². The van der Waals surface area contributed by atoms with E-state index in [4.69, 9.17) is 11.6 Å². The molecule has 0 bridgehead atoms. The van der Waals surface area contributed by atoms with E-state index in [1.54, 1.807) is 25.2 Å². The second-order valence-electron chi connectivity index (χ2n) is 7.27. The monoisotopic (exact) mass is 475 g/mol. The van der Waals surface area contributed by atoms with E-state index in [2.05, 4.69) is 20.6 Å². The standard InChI is InChI=1S/C24H18ClN5O4/c1-30-13-26-12-18(24(30)34)14-5-7-15(8-6-14)22(32)29-21-17(3-2-4-19(21)31)23(33)28-20-10-9-16(25)11-27-20/h2-13,31H,1H3,(H,29,32)(H,27,28,33). The molecule has 2 heterocycles. The Balaban J connectivity index is 1.56. The van der Waals surface area contributed by atoms with Crippen molar-refractivity contribution in [2.45, 2.75) is 0 Å². The molecule has 0 unspecified atom stereocenters. The van der Waals surface area contributed by atoms with Crippen LogP contribution in [0.5, 0.6) is 5.75 Å². The molecule has 0 saturated heterocycles. The Hall–Kier alpha value is -4.50. The number of hydrogen-bond acceptors (Lipinski definition) is 6. The van der Waals surface area contributed by atoms with Crippen LogP contribution in [0.4, 0.5) is 11.5 Å². The Bertz CT molecular complexity index is 1430. The van der Waals surface area contributed by atoms with Gasteiger partial charge in [-0.05, 0) is 42.0 Å². The zero-order valence-corrected chi connectivity index (χ0v) is 18.6. The Morgan fingerprint density at radius 2 is 1.74 bits per heavy atom. The molecule has 0 spiro atoms. The number of aromatic nitrogens is 3. The van der Waals surface area contributed by atoms with Crippen molar-refractivity contribution < 1.29 is 14.7 Å². The molecule has 9 nitrogen and oxygen atoms in total. The Morgan fingerprint density at radius 1 is 0.971 bits per heavy atom. The average molecular weight is 476 g/mol. The molecular weight excluding hydrogens is 458 g/mol. The van der Waals surface area contributed by atoms with E-state index >= 15 is 0 Å². The molecule has 0 fully saturated rings. The fraction of sp³-hybridized carbons (Fsp3) is 0.0417. The van der Waals surface area contributed by atoms with Crippen LogP contribution in [0.1, 0.15) is 20.7 Å². The van der Waals surface area contributed by atoms with Gasteiger partial charge >= 0.3 is 0 Å². The molecule has 2 aromatic carbocycles. The predicted octanol–water partition coefficient (Wildman–Crippen LogP) is 3.71. The van der Waals surface area contributed by atoms with Crippen molar-refractivity contribution in [1.29, 1.82) is 0 Å². The van der Waals surface area contributed by atoms with Crippen LogP contribution in [-0.4, -0.2) is 31.5 Å². The molecule has 2 aromatic heterocycles. The third kappa shape index (κ3) is 4.79. The lowest BCUT2D eigenvalue weighted by molar-refractivity contribution is 0.102. The average Bonchev–Trinajstić information content (AvgIpc) is 2.83. The second-order valence-corrected chi connectivity index (χ2v) is 7.71. The Morgan fingerprint density at radius 3 is 2.44 bits per heavy atom. The van der Waals surface area contributed by atoms with Crippen LogP contribution in [-0.2, 0) is 7.05 Å². The van der Waals surface area contributed by atoms with E-state index in [1.807, 2.05) is 0 Å². The normalized spacial score (nSPS) is 10.5. The number of halogens is 1. The number of pyridine rings is 1. The first-order valence-corrected chi connectivity index (χ1v) is 10.4. The Labute approximate surface area is 198 Å². The van der Waals surface area contributed by atoms with Crippen LogP contribution < -0.4 is 16.2 Å². The van der Waals surface area contributed by atoms with Gasteiger partial charge in [0.25, 0.3) is 17.4 Å². The molecule has 0 aliphatic carbocycles. The lowest BCUT2D eigenvalue weighted by Crippen LogP contribution is -2.19. The van der Waals surface area contributed by atoms with E-state index in [0.717, 1.165) is 0 Å². The van der Waals surface area contributed by atoms with E-state index in [9.17, 15) is 19.5 Å². The first-order chi connectivity index (χ1) is 16.3. The third-order valence-electron chi connectivity index (χ3n) is 4.95. The molecular formula is C24H18ClN5O4. The summed E-state index contributed by atoms with van der Waals surface area (Å²) in [6.07, 6.45) is 4.25. The molecule has 10 heteroatoms. The summed E-state index contributed by atoms with van der Waals surface area (Å²) in [6.45, 7) is 0. The number of amides is 2. The number of aryl methyl sites for hydroxylation is 1. The van der Waals surface area contributed by atoms with Crippen LogP contribution in [0.3, 0.4) is 0 Å². The van der Waals surface area contributed by atoms with Crippen LogP contribution >= 0.6 is 11.6 Å². The van der Waals surface area contributed by atoms with Crippen molar-refractivity contribution in [2.75, 3.05) is 10.6 Å². The number of nitrogens with one attached hydrogen (secondary N) is 2. The molecule has 4 rings (SSSR count). The van der Waals surface area contributed by atoms with Gasteiger partial charge in [0.05, 0.1) is 28.2 Å². The minimum absolute atomic E-state index is 0.0422. The fourth-order valence-electron chi connectivity index (χ4n) is 3.18. The van der Waals surface area contributed by atoms with Crippen molar-refractivity contribution in [3.63, 3.8) is 0 Å². The molecule has 0 radical (unpaired) electrons. The number of phenols is 1. The number of anilines is 2. The highest BCUT2D eigenvalue weighted by Crippen LogP contribution is 2.29. The third-order valence-corrected chi connectivity index (χ3v) is 5.17. The molecule has 3 N–H and O–H groups in total.